The lowest BCUT2D eigenvalue weighted by Gasteiger charge is -2.21. The molecule has 6 rings (SSSR count). The van der Waals surface area contributed by atoms with Gasteiger partial charge in [-0.05, 0) is 69.3 Å². The maximum atomic E-state index is 6.51. The van der Waals surface area contributed by atoms with Crippen LogP contribution >= 0.6 is 0 Å². The lowest BCUT2D eigenvalue weighted by atomic mass is 9.86. The van der Waals surface area contributed by atoms with E-state index in [1.807, 2.05) is 18.2 Å². The molecular weight excluding hydrogens is 542 g/mol. The molecule has 0 amide bonds. The van der Waals surface area contributed by atoms with E-state index in [0.29, 0.717) is 5.92 Å². The maximum absolute atomic E-state index is 6.51. The Morgan fingerprint density at radius 3 is 1.51 bits per heavy atom. The van der Waals surface area contributed by atoms with E-state index < -0.39 is 0 Å². The average molecular weight is 588 g/mol. The van der Waals surface area contributed by atoms with E-state index in [0.717, 1.165) is 17.9 Å². The van der Waals surface area contributed by atoms with Crippen molar-refractivity contribution in [3.63, 3.8) is 0 Å². The van der Waals surface area contributed by atoms with E-state index in [1.54, 1.807) is 0 Å². The van der Waals surface area contributed by atoms with E-state index >= 15 is 0 Å². The summed E-state index contributed by atoms with van der Waals surface area (Å²) in [6, 6.07) is 45.5. The first-order chi connectivity index (χ1) is 21.9. The van der Waals surface area contributed by atoms with E-state index in [1.165, 1.54) is 50.1 Å². The van der Waals surface area contributed by atoms with Gasteiger partial charge in [0, 0.05) is 5.92 Å². The van der Waals surface area contributed by atoms with Crippen molar-refractivity contribution in [1.29, 1.82) is 0 Å². The van der Waals surface area contributed by atoms with Gasteiger partial charge in [-0.3, -0.25) is 0 Å². The van der Waals surface area contributed by atoms with Gasteiger partial charge < -0.3 is 5.73 Å². The minimum Gasteiger partial charge on any atom is -0.320 e. The number of rotatable bonds is 7. The fraction of sp³-hybridized carbons (Fsp3) is 0.182. The molecule has 0 aliphatic heterocycles. The lowest BCUT2D eigenvalue weighted by molar-refractivity contribution is 0.737. The quantitative estimate of drug-likeness (QED) is 0.188. The SMILES string of the molecule is CC(C)C.Cc1ccc(C=Cc2ccc(-c3ccc(-c4ccc(C5C=CC(C(N)c6ccccc6)=CC5)cc4)cc3)cc2)cc1. The second kappa shape index (κ2) is 15.3. The van der Waals surface area contributed by atoms with Gasteiger partial charge in [-0.1, -0.05) is 184 Å². The summed E-state index contributed by atoms with van der Waals surface area (Å²) < 4.78 is 0. The molecule has 5 aromatic carbocycles. The third-order valence-corrected chi connectivity index (χ3v) is 7.99. The molecule has 0 saturated heterocycles. The minimum atomic E-state index is -0.0717. The Morgan fingerprint density at radius 2 is 1.04 bits per heavy atom. The van der Waals surface area contributed by atoms with Crippen molar-refractivity contribution in [2.75, 3.05) is 0 Å². The van der Waals surface area contributed by atoms with Crippen molar-refractivity contribution in [2.24, 2.45) is 11.7 Å². The summed E-state index contributed by atoms with van der Waals surface area (Å²) in [5.41, 5.74) is 18.8. The van der Waals surface area contributed by atoms with Crippen LogP contribution in [0.15, 0.2) is 151 Å². The van der Waals surface area contributed by atoms with Crippen LogP contribution in [0.5, 0.6) is 0 Å². The molecule has 45 heavy (non-hydrogen) atoms. The normalized spacial score (nSPS) is 15.0. The second-order valence-electron chi connectivity index (χ2n) is 12.6. The van der Waals surface area contributed by atoms with Crippen molar-refractivity contribution in [3.05, 3.63) is 179 Å². The summed E-state index contributed by atoms with van der Waals surface area (Å²) in [4.78, 5) is 0. The summed E-state index contributed by atoms with van der Waals surface area (Å²) in [6.07, 6.45) is 12.1. The zero-order chi connectivity index (χ0) is 31.6. The largest absolute Gasteiger partial charge is 0.320 e. The van der Waals surface area contributed by atoms with Crippen molar-refractivity contribution < 1.29 is 0 Å². The fourth-order valence-electron chi connectivity index (χ4n) is 5.40. The highest BCUT2D eigenvalue weighted by Gasteiger charge is 2.16. The van der Waals surface area contributed by atoms with Gasteiger partial charge in [0.25, 0.3) is 0 Å². The molecular formula is C44H45N. The summed E-state index contributed by atoms with van der Waals surface area (Å²) in [7, 11) is 0. The maximum Gasteiger partial charge on any atom is 0.0548 e. The molecule has 2 unspecified atom stereocenters. The number of hydrogen-bond acceptors (Lipinski definition) is 1. The van der Waals surface area contributed by atoms with Gasteiger partial charge in [0.1, 0.15) is 0 Å². The zero-order valence-corrected chi connectivity index (χ0v) is 27.0. The predicted molar refractivity (Wildman–Crippen MR) is 196 cm³/mol. The molecule has 1 heteroatoms. The van der Waals surface area contributed by atoms with Gasteiger partial charge in [-0.2, -0.15) is 0 Å². The Balaban J connectivity index is 0.000000945. The Kier molecular flexibility index (Phi) is 10.8. The first-order valence-corrected chi connectivity index (χ1v) is 16.1. The highest BCUT2D eigenvalue weighted by molar-refractivity contribution is 5.74. The molecule has 1 aliphatic carbocycles. The van der Waals surface area contributed by atoms with Gasteiger partial charge in [-0.25, -0.2) is 0 Å². The number of allylic oxidation sites excluding steroid dienone is 2. The Bertz CT molecular complexity index is 1720. The molecule has 0 saturated carbocycles. The van der Waals surface area contributed by atoms with Gasteiger partial charge in [0.2, 0.25) is 0 Å². The monoisotopic (exact) mass is 587 g/mol. The van der Waals surface area contributed by atoms with Gasteiger partial charge in [0.15, 0.2) is 0 Å². The molecule has 2 N–H and O–H groups in total. The highest BCUT2D eigenvalue weighted by Crippen LogP contribution is 2.33. The van der Waals surface area contributed by atoms with Crippen molar-refractivity contribution in [2.45, 2.75) is 46.1 Å². The van der Waals surface area contributed by atoms with Crippen LogP contribution in [0.25, 0.3) is 34.4 Å². The Labute approximate surface area is 270 Å². The van der Waals surface area contributed by atoms with Gasteiger partial charge in [0.05, 0.1) is 6.04 Å². The Hall–Kier alpha value is -4.72. The van der Waals surface area contributed by atoms with Crippen LogP contribution < -0.4 is 5.73 Å². The van der Waals surface area contributed by atoms with Gasteiger partial charge in [-0.15, -0.1) is 0 Å². The first kappa shape index (κ1) is 31.7. The van der Waals surface area contributed by atoms with Crippen molar-refractivity contribution in [3.8, 4) is 22.3 Å². The Morgan fingerprint density at radius 1 is 0.600 bits per heavy atom. The molecule has 0 spiro atoms. The molecule has 1 aliphatic rings. The highest BCUT2D eigenvalue weighted by atomic mass is 14.6. The first-order valence-electron chi connectivity index (χ1n) is 16.1. The van der Waals surface area contributed by atoms with Crippen LogP contribution in [0.3, 0.4) is 0 Å². The molecule has 0 fully saturated rings. The number of aryl methyl sites for hydroxylation is 1. The van der Waals surface area contributed by atoms with Gasteiger partial charge >= 0.3 is 0 Å². The summed E-state index contributed by atoms with van der Waals surface area (Å²) in [6.45, 7) is 8.61. The zero-order valence-electron chi connectivity index (χ0n) is 27.0. The van der Waals surface area contributed by atoms with Crippen LogP contribution in [-0.4, -0.2) is 0 Å². The standard InChI is InChI=1S/C40H35N.C4H10/c1-29-7-9-30(10-8-29)11-12-31-13-15-32(16-14-31)33-17-19-34(20-18-33)35-21-23-36(24-22-35)37-25-27-39(28-26-37)40(41)38-5-3-2-4-6-38;1-4(2)3/h2-25,27-28,37,40H,26,41H2,1H3;4H,1-3H3. The van der Waals surface area contributed by atoms with E-state index in [4.69, 9.17) is 5.73 Å². The summed E-state index contributed by atoms with van der Waals surface area (Å²) >= 11 is 0. The van der Waals surface area contributed by atoms with Crippen LogP contribution in [0.4, 0.5) is 0 Å². The van der Waals surface area contributed by atoms with E-state index in [9.17, 15) is 0 Å². The van der Waals surface area contributed by atoms with E-state index in [-0.39, 0.29) is 6.04 Å². The molecule has 0 aromatic heterocycles. The lowest BCUT2D eigenvalue weighted by Crippen LogP contribution is -2.14. The second-order valence-corrected chi connectivity index (χ2v) is 12.6. The van der Waals surface area contributed by atoms with Crippen LogP contribution in [-0.2, 0) is 0 Å². The molecule has 2 atom stereocenters. The summed E-state index contributed by atoms with van der Waals surface area (Å²) in [5, 5.41) is 0. The molecule has 0 heterocycles. The third kappa shape index (κ3) is 8.91. The smallest absolute Gasteiger partial charge is 0.0548 e. The summed E-state index contributed by atoms with van der Waals surface area (Å²) in [5.74, 6) is 1.22. The van der Waals surface area contributed by atoms with Crippen LogP contribution in [0.1, 0.15) is 67.0 Å². The number of benzene rings is 5. The number of nitrogens with two attached hydrogens (primary N) is 1. The minimum absolute atomic E-state index is 0.0717. The molecule has 0 bridgehead atoms. The van der Waals surface area contributed by atoms with E-state index in [2.05, 4.69) is 167 Å². The molecule has 0 radical (unpaired) electrons. The van der Waals surface area contributed by atoms with Crippen LogP contribution in [0, 0.1) is 12.8 Å². The third-order valence-electron chi connectivity index (χ3n) is 7.99. The predicted octanol–water partition coefficient (Wildman–Crippen LogP) is 11.8. The number of hydrogen-bond donors (Lipinski definition) is 1. The fourth-order valence-corrected chi connectivity index (χ4v) is 5.40. The molecule has 5 aromatic rings. The molecule has 226 valence electrons. The average Bonchev–Trinajstić information content (AvgIpc) is 3.08. The van der Waals surface area contributed by atoms with Crippen molar-refractivity contribution in [1.82, 2.24) is 0 Å². The van der Waals surface area contributed by atoms with Crippen molar-refractivity contribution >= 4 is 12.2 Å². The topological polar surface area (TPSA) is 26.0 Å². The molecule has 1 nitrogen and oxygen atoms in total. The van der Waals surface area contributed by atoms with Crippen LogP contribution in [0.2, 0.25) is 0 Å².